The Kier molecular flexibility index (Phi) is 6.39. The standard InChI is InChI=1S/C20H14F4N8O3/c21-13-5-7-14(8-6-13)34-10-15-16(27-31-32(15)18-17(25)29-35-30-18)19(33)28-26-9-11-1-3-12(4-2-11)20(22,23)24/h1-9H,10H2,(H2,25,29)(H,28,33)/b26-9-. The molecule has 0 unspecified atom stereocenters. The predicted octanol–water partition coefficient (Wildman–Crippen LogP) is 2.73. The molecule has 3 N–H and O–H groups in total. The summed E-state index contributed by atoms with van der Waals surface area (Å²) in [5.41, 5.74) is 7.26. The smallest absolute Gasteiger partial charge is 0.416 e. The first-order valence-electron chi connectivity index (χ1n) is 9.64. The average molecular weight is 490 g/mol. The van der Waals surface area contributed by atoms with Gasteiger partial charge >= 0.3 is 6.18 Å². The first-order valence-corrected chi connectivity index (χ1v) is 9.64. The van der Waals surface area contributed by atoms with Crippen LogP contribution in [0.1, 0.15) is 27.3 Å². The SMILES string of the molecule is Nc1nonc1-n1nnc(C(=O)N/N=C\c2ccc(C(F)(F)F)cc2)c1COc1ccc(F)cc1. The number of nitrogen functional groups attached to an aromatic ring is 1. The van der Waals surface area contributed by atoms with Crippen LogP contribution in [0.3, 0.4) is 0 Å². The number of hydrogen-bond acceptors (Lipinski definition) is 9. The van der Waals surface area contributed by atoms with Crippen molar-refractivity contribution in [1.82, 2.24) is 30.7 Å². The van der Waals surface area contributed by atoms with Gasteiger partial charge in [-0.25, -0.2) is 14.4 Å². The van der Waals surface area contributed by atoms with Crippen molar-refractivity contribution in [1.29, 1.82) is 0 Å². The van der Waals surface area contributed by atoms with Crippen molar-refractivity contribution in [2.24, 2.45) is 5.10 Å². The van der Waals surface area contributed by atoms with Gasteiger partial charge in [-0.2, -0.15) is 23.0 Å². The van der Waals surface area contributed by atoms with Crippen molar-refractivity contribution in [2.45, 2.75) is 12.8 Å². The lowest BCUT2D eigenvalue weighted by molar-refractivity contribution is -0.137. The molecule has 0 saturated heterocycles. The molecule has 2 aromatic carbocycles. The van der Waals surface area contributed by atoms with Gasteiger partial charge in [0, 0.05) is 0 Å². The molecule has 0 radical (unpaired) electrons. The highest BCUT2D eigenvalue weighted by atomic mass is 19.4. The highest BCUT2D eigenvalue weighted by molar-refractivity contribution is 5.94. The molecule has 0 aliphatic carbocycles. The minimum Gasteiger partial charge on any atom is -0.487 e. The van der Waals surface area contributed by atoms with Crippen LogP contribution < -0.4 is 15.9 Å². The number of aromatic nitrogens is 5. The van der Waals surface area contributed by atoms with Crippen molar-refractivity contribution in [3.05, 3.63) is 76.9 Å². The second-order valence-corrected chi connectivity index (χ2v) is 6.83. The monoisotopic (exact) mass is 490 g/mol. The zero-order valence-corrected chi connectivity index (χ0v) is 17.4. The number of amides is 1. The van der Waals surface area contributed by atoms with E-state index in [1.807, 2.05) is 0 Å². The Morgan fingerprint density at radius 3 is 2.49 bits per heavy atom. The number of hydrogen-bond donors (Lipinski definition) is 2. The predicted molar refractivity (Wildman–Crippen MR) is 111 cm³/mol. The summed E-state index contributed by atoms with van der Waals surface area (Å²) >= 11 is 0. The van der Waals surface area contributed by atoms with E-state index in [0.717, 1.165) is 23.0 Å². The van der Waals surface area contributed by atoms with Gasteiger partial charge in [0.05, 0.1) is 11.8 Å². The van der Waals surface area contributed by atoms with Gasteiger partial charge in [0.25, 0.3) is 5.91 Å². The Morgan fingerprint density at radius 1 is 1.14 bits per heavy atom. The zero-order chi connectivity index (χ0) is 25.0. The van der Waals surface area contributed by atoms with Gasteiger partial charge in [-0.05, 0) is 52.3 Å². The molecule has 0 aliphatic rings. The lowest BCUT2D eigenvalue weighted by Crippen LogP contribution is -2.21. The van der Waals surface area contributed by atoms with Crippen LogP contribution in [-0.2, 0) is 12.8 Å². The summed E-state index contributed by atoms with van der Waals surface area (Å²) in [6.07, 6.45) is -3.32. The molecule has 0 spiro atoms. The minimum absolute atomic E-state index is 0.0532. The third-order valence-corrected chi connectivity index (χ3v) is 4.48. The van der Waals surface area contributed by atoms with Crippen molar-refractivity contribution in [3.8, 4) is 11.6 Å². The first kappa shape index (κ1) is 23.3. The number of carbonyl (C=O) groups is 1. The molecule has 0 bridgehead atoms. The molecule has 0 fully saturated rings. The number of nitrogens with zero attached hydrogens (tertiary/aromatic N) is 6. The Balaban J connectivity index is 1.53. The van der Waals surface area contributed by atoms with Crippen LogP contribution in [0.2, 0.25) is 0 Å². The summed E-state index contributed by atoms with van der Waals surface area (Å²) in [6, 6.07) is 9.29. The average Bonchev–Trinajstić information content (AvgIpc) is 3.44. The zero-order valence-electron chi connectivity index (χ0n) is 17.4. The van der Waals surface area contributed by atoms with E-state index < -0.39 is 23.5 Å². The highest BCUT2D eigenvalue weighted by Crippen LogP contribution is 2.28. The van der Waals surface area contributed by atoms with Gasteiger partial charge in [0.15, 0.2) is 5.69 Å². The Morgan fingerprint density at radius 2 is 1.86 bits per heavy atom. The van der Waals surface area contributed by atoms with Gasteiger partial charge in [-0.15, -0.1) is 5.10 Å². The summed E-state index contributed by atoms with van der Waals surface area (Å²) in [7, 11) is 0. The molecule has 35 heavy (non-hydrogen) atoms. The number of ether oxygens (including phenoxy) is 1. The number of alkyl halides is 3. The summed E-state index contributed by atoms with van der Waals surface area (Å²) in [5, 5.41) is 18.4. The van der Waals surface area contributed by atoms with Crippen molar-refractivity contribution >= 4 is 17.9 Å². The lowest BCUT2D eigenvalue weighted by atomic mass is 10.1. The fourth-order valence-corrected chi connectivity index (χ4v) is 2.77. The first-order chi connectivity index (χ1) is 16.7. The molecule has 2 aromatic heterocycles. The number of nitrogens with one attached hydrogen (secondary N) is 1. The van der Waals surface area contributed by atoms with E-state index in [-0.39, 0.29) is 35.4 Å². The molecule has 11 nitrogen and oxygen atoms in total. The van der Waals surface area contributed by atoms with Crippen LogP contribution >= 0.6 is 0 Å². The third kappa shape index (κ3) is 5.40. The van der Waals surface area contributed by atoms with Crippen molar-refractivity contribution in [3.63, 3.8) is 0 Å². The fraction of sp³-hybridized carbons (Fsp3) is 0.100. The maximum absolute atomic E-state index is 13.1. The number of carbonyl (C=O) groups excluding carboxylic acids is 1. The van der Waals surface area contributed by atoms with Gasteiger partial charge in [-0.1, -0.05) is 17.3 Å². The van der Waals surface area contributed by atoms with Crippen LogP contribution in [0, 0.1) is 5.82 Å². The molecule has 0 saturated carbocycles. The number of nitrogens with two attached hydrogens (primary N) is 1. The number of benzene rings is 2. The van der Waals surface area contributed by atoms with E-state index in [2.05, 4.69) is 35.8 Å². The molecule has 2 heterocycles. The van der Waals surface area contributed by atoms with E-state index >= 15 is 0 Å². The molecule has 4 aromatic rings. The number of hydrazone groups is 1. The summed E-state index contributed by atoms with van der Waals surface area (Å²) in [5.74, 6) is -1.17. The molecule has 0 atom stereocenters. The van der Waals surface area contributed by atoms with Gasteiger partial charge in [0.2, 0.25) is 11.6 Å². The van der Waals surface area contributed by atoms with E-state index in [4.69, 9.17) is 10.5 Å². The van der Waals surface area contributed by atoms with Gasteiger partial charge in [-0.3, -0.25) is 4.79 Å². The molecule has 15 heteroatoms. The maximum atomic E-state index is 13.1. The topological polar surface area (TPSA) is 146 Å². The largest absolute Gasteiger partial charge is 0.487 e. The van der Waals surface area contributed by atoms with E-state index in [1.165, 1.54) is 36.4 Å². The third-order valence-electron chi connectivity index (χ3n) is 4.48. The lowest BCUT2D eigenvalue weighted by Gasteiger charge is -2.08. The second kappa shape index (κ2) is 9.58. The Bertz CT molecular complexity index is 1350. The fourth-order valence-electron chi connectivity index (χ4n) is 2.77. The molecule has 180 valence electrons. The summed E-state index contributed by atoms with van der Waals surface area (Å²) in [4.78, 5) is 12.7. The molecule has 4 rings (SSSR count). The summed E-state index contributed by atoms with van der Waals surface area (Å²) < 4.78 is 62.4. The Hall–Kier alpha value is -4.82. The number of anilines is 1. The van der Waals surface area contributed by atoms with Crippen LogP contribution in [0.15, 0.2) is 58.3 Å². The number of rotatable bonds is 7. The second-order valence-electron chi connectivity index (χ2n) is 6.83. The van der Waals surface area contributed by atoms with Gasteiger partial charge < -0.3 is 10.5 Å². The maximum Gasteiger partial charge on any atom is 0.416 e. The van der Waals surface area contributed by atoms with Crippen LogP contribution in [-0.4, -0.2) is 37.4 Å². The quantitative estimate of drug-likeness (QED) is 0.228. The van der Waals surface area contributed by atoms with Crippen LogP contribution in [0.25, 0.3) is 5.82 Å². The Labute approximate surface area is 193 Å². The minimum atomic E-state index is -4.47. The molecular weight excluding hydrogens is 476 g/mol. The van der Waals surface area contributed by atoms with Crippen molar-refractivity contribution in [2.75, 3.05) is 5.73 Å². The molecular formula is C20H14F4N8O3. The molecule has 0 aliphatic heterocycles. The van der Waals surface area contributed by atoms with E-state index in [0.29, 0.717) is 5.56 Å². The van der Waals surface area contributed by atoms with Crippen LogP contribution in [0.5, 0.6) is 5.75 Å². The highest BCUT2D eigenvalue weighted by Gasteiger charge is 2.30. The molecule has 1 amide bonds. The summed E-state index contributed by atoms with van der Waals surface area (Å²) in [6.45, 7) is -0.268. The van der Waals surface area contributed by atoms with Crippen LogP contribution in [0.4, 0.5) is 23.4 Å². The normalized spacial score (nSPS) is 11.7. The van der Waals surface area contributed by atoms with E-state index in [1.54, 1.807) is 0 Å². The van der Waals surface area contributed by atoms with Crippen molar-refractivity contribution < 1.29 is 31.7 Å². The van der Waals surface area contributed by atoms with E-state index in [9.17, 15) is 22.4 Å². The van der Waals surface area contributed by atoms with Gasteiger partial charge in [0.1, 0.15) is 23.9 Å². The number of halogens is 4.